The zero-order chi connectivity index (χ0) is 26.2. The number of para-hydroxylation sites is 1. The van der Waals surface area contributed by atoms with E-state index in [0.717, 1.165) is 10.6 Å². The number of hydrogen-bond acceptors (Lipinski definition) is 6. The number of rotatable bonds is 5. The van der Waals surface area contributed by atoms with Crippen LogP contribution in [0.15, 0.2) is 53.5 Å². The number of aryl methyl sites for hydroxylation is 1. The molecule has 13 heteroatoms. The molecule has 186 valence electrons. The highest BCUT2D eigenvalue weighted by Crippen LogP contribution is 2.33. The van der Waals surface area contributed by atoms with Crippen molar-refractivity contribution < 1.29 is 27.8 Å². The van der Waals surface area contributed by atoms with Crippen LogP contribution in [0, 0.1) is 6.92 Å². The fourth-order valence-corrected chi connectivity index (χ4v) is 3.94. The molecule has 1 amide bonds. The van der Waals surface area contributed by atoms with Crippen LogP contribution in [-0.4, -0.2) is 31.9 Å². The molecule has 8 nitrogen and oxygen atoms in total. The van der Waals surface area contributed by atoms with Crippen molar-refractivity contribution in [2.45, 2.75) is 19.8 Å². The summed E-state index contributed by atoms with van der Waals surface area (Å²) in [5, 5.41) is 11.9. The molecule has 2 heterocycles. The Kier molecular flexibility index (Phi) is 6.79. The van der Waals surface area contributed by atoms with Crippen LogP contribution in [0.3, 0.4) is 0 Å². The van der Waals surface area contributed by atoms with Crippen LogP contribution in [0.2, 0.25) is 10.0 Å². The molecule has 0 unspecified atom stereocenters. The van der Waals surface area contributed by atoms with Gasteiger partial charge in [0.2, 0.25) is 0 Å². The number of aromatic hydroxyl groups is 1. The van der Waals surface area contributed by atoms with Crippen molar-refractivity contribution in [2.75, 3.05) is 5.32 Å². The molecule has 0 fully saturated rings. The third-order valence-electron chi connectivity index (χ3n) is 5.10. The van der Waals surface area contributed by atoms with E-state index in [4.69, 9.17) is 23.2 Å². The van der Waals surface area contributed by atoms with Crippen LogP contribution in [0.4, 0.5) is 18.9 Å². The van der Waals surface area contributed by atoms with E-state index in [1.54, 1.807) is 0 Å². The first-order valence-electron chi connectivity index (χ1n) is 10.1. The molecule has 0 aliphatic carbocycles. The number of halogens is 5. The van der Waals surface area contributed by atoms with Gasteiger partial charge in [-0.1, -0.05) is 41.4 Å². The lowest BCUT2D eigenvalue weighted by atomic mass is 10.1. The Labute approximate surface area is 210 Å². The lowest BCUT2D eigenvalue weighted by Gasteiger charge is -2.16. The van der Waals surface area contributed by atoms with E-state index in [2.05, 4.69) is 20.0 Å². The van der Waals surface area contributed by atoms with Gasteiger partial charge in [-0.2, -0.15) is 0 Å². The molecule has 2 N–H and O–H groups in total. The lowest BCUT2D eigenvalue weighted by Crippen LogP contribution is -2.27. The summed E-state index contributed by atoms with van der Waals surface area (Å²) in [6.45, 7) is 1.22. The Hall–Kier alpha value is -3.83. The fraction of sp³-hybridized carbons (Fsp3) is 0.130. The van der Waals surface area contributed by atoms with E-state index in [9.17, 15) is 27.9 Å². The minimum absolute atomic E-state index is 0.00591. The number of amides is 1. The second kappa shape index (κ2) is 9.67. The van der Waals surface area contributed by atoms with Gasteiger partial charge in [-0.3, -0.25) is 14.2 Å². The number of aromatic nitrogens is 3. The highest BCUT2D eigenvalue weighted by Gasteiger charge is 2.32. The smallest absolute Gasteiger partial charge is 0.505 e. The normalized spacial score (nSPS) is 11.5. The van der Waals surface area contributed by atoms with Gasteiger partial charge in [0.1, 0.15) is 17.0 Å². The van der Waals surface area contributed by atoms with Gasteiger partial charge >= 0.3 is 6.36 Å². The minimum atomic E-state index is -4.92. The second-order valence-corrected chi connectivity index (χ2v) is 8.32. The number of fused-ring (bicyclic) bond motifs is 1. The van der Waals surface area contributed by atoms with Gasteiger partial charge in [-0.25, -0.2) is 9.97 Å². The van der Waals surface area contributed by atoms with Crippen molar-refractivity contribution in [1.82, 2.24) is 14.5 Å². The summed E-state index contributed by atoms with van der Waals surface area (Å²) >= 11 is 11.8. The largest absolute Gasteiger partial charge is 0.573 e. The van der Waals surface area contributed by atoms with Gasteiger partial charge in [-0.15, -0.1) is 13.2 Å². The number of alkyl halides is 3. The van der Waals surface area contributed by atoms with E-state index in [-0.39, 0.29) is 56.0 Å². The van der Waals surface area contributed by atoms with Crippen LogP contribution in [0.25, 0.3) is 11.0 Å². The van der Waals surface area contributed by atoms with E-state index in [0.29, 0.717) is 0 Å². The third-order valence-corrected chi connectivity index (χ3v) is 5.68. The predicted molar refractivity (Wildman–Crippen MR) is 127 cm³/mol. The fourth-order valence-electron chi connectivity index (χ4n) is 3.45. The molecule has 36 heavy (non-hydrogen) atoms. The number of anilines is 1. The Morgan fingerprint density at radius 1 is 1.17 bits per heavy atom. The van der Waals surface area contributed by atoms with Crippen LogP contribution in [0.1, 0.15) is 21.7 Å². The first-order chi connectivity index (χ1) is 16.9. The van der Waals surface area contributed by atoms with E-state index >= 15 is 0 Å². The summed E-state index contributed by atoms with van der Waals surface area (Å²) in [6, 6.07) is 9.17. The summed E-state index contributed by atoms with van der Waals surface area (Å²) in [5.74, 6) is -1.36. The van der Waals surface area contributed by atoms with Gasteiger partial charge in [-0.05, 0) is 31.2 Å². The molecule has 4 rings (SSSR count). The maximum atomic E-state index is 13.4. The van der Waals surface area contributed by atoms with Crippen LogP contribution < -0.4 is 15.6 Å². The second-order valence-electron chi connectivity index (χ2n) is 7.51. The van der Waals surface area contributed by atoms with Crippen molar-refractivity contribution in [2.24, 2.45) is 0 Å². The molecule has 0 atom stereocenters. The number of carbonyl (C=O) groups is 1. The molecule has 0 aliphatic heterocycles. The van der Waals surface area contributed by atoms with E-state index in [1.807, 2.05) is 0 Å². The van der Waals surface area contributed by atoms with Crippen molar-refractivity contribution in [3.63, 3.8) is 0 Å². The summed E-state index contributed by atoms with van der Waals surface area (Å²) < 4.78 is 43.7. The zero-order valence-corrected chi connectivity index (χ0v) is 19.7. The van der Waals surface area contributed by atoms with Crippen LogP contribution >= 0.6 is 23.2 Å². The first kappa shape index (κ1) is 25.3. The number of pyridine rings is 1. The van der Waals surface area contributed by atoms with Crippen molar-refractivity contribution in [3.8, 4) is 11.5 Å². The number of phenols is 1. The van der Waals surface area contributed by atoms with Crippen molar-refractivity contribution >= 4 is 45.8 Å². The topological polar surface area (TPSA) is 106 Å². The Bertz CT molecular complexity index is 1530. The third kappa shape index (κ3) is 5.21. The standard InChI is InChI=1S/C23H15Cl2F3N4O4/c1-11-30-20-18(22(35)32(11)10-12-4-2-3-5-17(12)36-23(26,27)28)16(6-7-29-20)31-21(34)13-8-14(24)19(33)15(25)9-13/h2-9,33H,10H2,1H3,(H,29,31,34). The molecule has 0 radical (unpaired) electrons. The number of ether oxygens (including phenoxy) is 1. The monoisotopic (exact) mass is 538 g/mol. The summed E-state index contributed by atoms with van der Waals surface area (Å²) in [7, 11) is 0. The highest BCUT2D eigenvalue weighted by atomic mass is 35.5. The van der Waals surface area contributed by atoms with Crippen molar-refractivity contribution in [1.29, 1.82) is 0 Å². The average Bonchev–Trinajstić information content (AvgIpc) is 2.79. The molecule has 2 aromatic carbocycles. The van der Waals surface area contributed by atoms with Crippen LogP contribution in [-0.2, 0) is 6.54 Å². The quantitative estimate of drug-likeness (QED) is 0.356. The van der Waals surface area contributed by atoms with Crippen LogP contribution in [0.5, 0.6) is 11.5 Å². The lowest BCUT2D eigenvalue weighted by molar-refractivity contribution is -0.274. The van der Waals surface area contributed by atoms with Gasteiger partial charge in [0, 0.05) is 17.3 Å². The number of benzene rings is 2. The molecular formula is C23H15Cl2F3N4O4. The summed E-state index contributed by atoms with van der Waals surface area (Å²) in [5.41, 5.74) is -0.482. The van der Waals surface area contributed by atoms with Gasteiger partial charge < -0.3 is 15.2 Å². The molecule has 0 bridgehead atoms. The molecule has 2 aromatic heterocycles. The molecule has 0 saturated carbocycles. The number of hydrogen-bond donors (Lipinski definition) is 2. The Balaban J connectivity index is 1.76. The Morgan fingerprint density at radius 2 is 1.83 bits per heavy atom. The SMILES string of the molecule is Cc1nc2nccc(NC(=O)c3cc(Cl)c(O)c(Cl)c3)c2c(=O)n1Cc1ccccc1OC(F)(F)F. The molecular weight excluding hydrogens is 524 g/mol. The number of nitrogens with zero attached hydrogens (tertiary/aromatic N) is 3. The zero-order valence-electron chi connectivity index (χ0n) is 18.2. The molecule has 4 aromatic rings. The molecule has 0 spiro atoms. The predicted octanol–water partition coefficient (Wildman–Crippen LogP) is 5.31. The number of carbonyl (C=O) groups excluding carboxylic acids is 1. The maximum absolute atomic E-state index is 13.4. The molecule has 0 saturated heterocycles. The first-order valence-corrected chi connectivity index (χ1v) is 10.9. The summed E-state index contributed by atoms with van der Waals surface area (Å²) in [6.07, 6.45) is -3.59. The van der Waals surface area contributed by atoms with Crippen molar-refractivity contribution in [3.05, 3.63) is 86.0 Å². The van der Waals surface area contributed by atoms with Gasteiger partial charge in [0.25, 0.3) is 11.5 Å². The molecule has 0 aliphatic rings. The summed E-state index contributed by atoms with van der Waals surface area (Å²) in [4.78, 5) is 34.6. The highest BCUT2D eigenvalue weighted by molar-refractivity contribution is 6.37. The van der Waals surface area contributed by atoms with Gasteiger partial charge in [0.15, 0.2) is 11.4 Å². The van der Waals surface area contributed by atoms with Gasteiger partial charge in [0.05, 0.1) is 22.3 Å². The number of nitrogens with one attached hydrogen (secondary N) is 1. The Morgan fingerprint density at radius 3 is 2.50 bits per heavy atom. The van der Waals surface area contributed by atoms with E-state index < -0.39 is 23.6 Å². The number of phenolic OH excluding ortho intramolecular Hbond substituents is 1. The van der Waals surface area contributed by atoms with E-state index in [1.165, 1.54) is 49.5 Å². The minimum Gasteiger partial charge on any atom is -0.505 e. The average molecular weight is 539 g/mol. The maximum Gasteiger partial charge on any atom is 0.573 e.